The number of hydrogen-bond acceptors (Lipinski definition) is 3. The fraction of sp³-hybridized carbons (Fsp3) is 0. The minimum Gasteiger partial charge on any atom is -0.240 e. The van der Waals surface area contributed by atoms with E-state index in [0.29, 0.717) is 0 Å². The molecule has 0 bridgehead atoms. The summed E-state index contributed by atoms with van der Waals surface area (Å²) in [4.78, 5) is 0. The van der Waals surface area contributed by atoms with Crippen molar-refractivity contribution in [2.45, 2.75) is 0 Å². The van der Waals surface area contributed by atoms with E-state index in [2.05, 4.69) is 14.8 Å². The molecule has 9 heavy (non-hydrogen) atoms. The monoisotopic (exact) mass is 135 g/mol. The number of benzene rings is 1. The lowest BCUT2D eigenvalue weighted by atomic mass is 10.3. The third-order valence-electron chi connectivity index (χ3n) is 1.08. The van der Waals surface area contributed by atoms with Crippen LogP contribution in [-0.2, 0) is 0 Å². The summed E-state index contributed by atoms with van der Waals surface area (Å²) >= 11 is 1.22. The molecule has 1 heterocycles. The molecule has 2 nitrogen and oxygen atoms in total. The summed E-state index contributed by atoms with van der Waals surface area (Å²) in [6, 6.07) is 8.64. The second-order valence-electron chi connectivity index (χ2n) is 1.67. The van der Waals surface area contributed by atoms with Crippen LogP contribution in [0.4, 0.5) is 0 Å². The molecule has 0 aliphatic rings. The van der Waals surface area contributed by atoms with Crippen molar-refractivity contribution in [2.24, 2.45) is 0 Å². The van der Waals surface area contributed by atoms with Crippen LogP contribution >= 0.6 is 11.7 Å². The van der Waals surface area contributed by atoms with Gasteiger partial charge in [-0.1, -0.05) is 0 Å². The van der Waals surface area contributed by atoms with Gasteiger partial charge in [0.25, 0.3) is 0 Å². The van der Waals surface area contributed by atoms with Crippen LogP contribution in [0, 0.1) is 6.07 Å². The third-order valence-corrected chi connectivity index (χ3v) is 1.63. The molecule has 0 fully saturated rings. The highest BCUT2D eigenvalue weighted by atomic mass is 32.1. The molecule has 44 valence electrons. The van der Waals surface area contributed by atoms with E-state index in [-0.39, 0.29) is 0 Å². The molecule has 2 rings (SSSR count). The Morgan fingerprint density at radius 2 is 2.44 bits per heavy atom. The first-order valence-corrected chi connectivity index (χ1v) is 3.29. The second kappa shape index (κ2) is 1.77. The fourth-order valence-electron chi connectivity index (χ4n) is 0.671. The lowest BCUT2D eigenvalue weighted by molar-refractivity contribution is 1.63. The number of fused-ring (bicyclic) bond motifs is 1. The summed E-state index contributed by atoms with van der Waals surface area (Å²) in [7, 11) is 0. The van der Waals surface area contributed by atoms with E-state index in [4.69, 9.17) is 0 Å². The van der Waals surface area contributed by atoms with Gasteiger partial charge in [0.15, 0.2) is 0 Å². The zero-order chi connectivity index (χ0) is 6.10. The minimum atomic E-state index is 0.863. The van der Waals surface area contributed by atoms with E-state index >= 15 is 0 Å². The molecule has 1 aromatic carbocycles. The number of hydrogen-bond donors (Lipinski definition) is 0. The molecule has 0 aliphatic heterocycles. The van der Waals surface area contributed by atoms with Gasteiger partial charge in [0.2, 0.25) is 0 Å². The first-order valence-electron chi connectivity index (χ1n) is 2.56. The van der Waals surface area contributed by atoms with E-state index in [1.807, 2.05) is 18.2 Å². The Morgan fingerprint density at radius 1 is 1.44 bits per heavy atom. The van der Waals surface area contributed by atoms with Gasteiger partial charge >= 0.3 is 0 Å². The third kappa shape index (κ3) is 0.695. The number of rotatable bonds is 0. The van der Waals surface area contributed by atoms with Crippen LogP contribution in [0.1, 0.15) is 0 Å². The lowest BCUT2D eigenvalue weighted by Gasteiger charge is -1.89. The fourth-order valence-corrected chi connectivity index (χ4v) is 1.18. The first kappa shape index (κ1) is 4.88. The van der Waals surface area contributed by atoms with Gasteiger partial charge in [-0.3, -0.25) is 0 Å². The zero-order valence-electron chi connectivity index (χ0n) is 4.53. The smallest absolute Gasteiger partial charge is 0.0533 e. The molecule has 1 aromatic heterocycles. The molecular formula is C6H3N2S-. The van der Waals surface area contributed by atoms with Crippen molar-refractivity contribution in [3.8, 4) is 0 Å². The van der Waals surface area contributed by atoms with E-state index < -0.39 is 0 Å². The Balaban J connectivity index is 2.95. The Kier molecular flexibility index (Phi) is 0.960. The topological polar surface area (TPSA) is 25.8 Å². The average molecular weight is 135 g/mol. The molecule has 0 aliphatic carbocycles. The molecule has 0 saturated heterocycles. The maximum Gasteiger partial charge on any atom is 0.0533 e. The highest BCUT2D eigenvalue weighted by Crippen LogP contribution is 2.07. The van der Waals surface area contributed by atoms with Gasteiger partial charge < -0.3 is 0 Å². The standard InChI is InChI=1S/C6H3N2S/c1-2-4-6-5(3-1)7-9-8-6/h1-3H/q-1. The average Bonchev–Trinajstić information content (AvgIpc) is 2.33. The van der Waals surface area contributed by atoms with Crippen molar-refractivity contribution >= 4 is 22.8 Å². The predicted octanol–water partition coefficient (Wildman–Crippen LogP) is 1.49. The van der Waals surface area contributed by atoms with Crippen molar-refractivity contribution < 1.29 is 0 Å². The summed E-state index contributed by atoms with van der Waals surface area (Å²) < 4.78 is 8.01. The van der Waals surface area contributed by atoms with Gasteiger partial charge in [-0.2, -0.15) is 18.2 Å². The van der Waals surface area contributed by atoms with Crippen LogP contribution in [0.2, 0.25) is 0 Å². The molecular weight excluding hydrogens is 132 g/mol. The maximum absolute atomic E-state index is 4.02. The van der Waals surface area contributed by atoms with Crippen LogP contribution in [-0.4, -0.2) is 8.75 Å². The maximum atomic E-state index is 4.02. The van der Waals surface area contributed by atoms with Crippen LogP contribution < -0.4 is 0 Å². The summed E-state index contributed by atoms with van der Waals surface area (Å²) in [5, 5.41) is 0. The molecule has 3 heteroatoms. The van der Waals surface area contributed by atoms with Gasteiger partial charge in [-0.15, -0.1) is 6.07 Å². The van der Waals surface area contributed by atoms with Gasteiger partial charge in [-0.05, 0) is 11.0 Å². The van der Waals surface area contributed by atoms with E-state index in [1.54, 1.807) is 0 Å². The Bertz CT molecular complexity index is 285. The molecule has 2 aromatic rings. The molecule has 0 spiro atoms. The molecule has 0 N–H and O–H groups in total. The van der Waals surface area contributed by atoms with Crippen molar-refractivity contribution in [2.75, 3.05) is 0 Å². The molecule has 0 radical (unpaired) electrons. The Labute approximate surface area is 56.5 Å². The largest absolute Gasteiger partial charge is 0.240 e. The summed E-state index contributed by atoms with van der Waals surface area (Å²) in [6.07, 6.45) is 0. The predicted molar refractivity (Wildman–Crippen MR) is 36.3 cm³/mol. The highest BCUT2D eigenvalue weighted by molar-refractivity contribution is 7.00. The SMILES string of the molecule is [c-]1cccc2nsnc12. The summed E-state index contributed by atoms with van der Waals surface area (Å²) in [5.74, 6) is 0. The summed E-state index contributed by atoms with van der Waals surface area (Å²) in [6.45, 7) is 0. The van der Waals surface area contributed by atoms with Gasteiger partial charge in [0.1, 0.15) is 0 Å². The van der Waals surface area contributed by atoms with E-state index in [1.165, 1.54) is 11.7 Å². The highest BCUT2D eigenvalue weighted by Gasteiger charge is 1.82. The van der Waals surface area contributed by atoms with Crippen molar-refractivity contribution in [3.63, 3.8) is 0 Å². The van der Waals surface area contributed by atoms with E-state index in [0.717, 1.165) is 11.0 Å². The molecule has 0 atom stereocenters. The number of nitrogens with zero attached hydrogens (tertiary/aromatic N) is 2. The Morgan fingerprint density at radius 3 is 3.33 bits per heavy atom. The molecule has 0 unspecified atom stereocenters. The molecule has 0 saturated carbocycles. The van der Waals surface area contributed by atoms with Gasteiger partial charge in [-0.25, -0.2) is 8.75 Å². The van der Waals surface area contributed by atoms with Gasteiger partial charge in [0, 0.05) is 0 Å². The minimum absolute atomic E-state index is 0.863. The van der Waals surface area contributed by atoms with Crippen molar-refractivity contribution in [1.29, 1.82) is 0 Å². The van der Waals surface area contributed by atoms with Crippen molar-refractivity contribution in [3.05, 3.63) is 24.3 Å². The zero-order valence-corrected chi connectivity index (χ0v) is 5.35. The molecule has 0 amide bonds. The van der Waals surface area contributed by atoms with Crippen LogP contribution in [0.15, 0.2) is 18.2 Å². The normalized spacial score (nSPS) is 10.2. The summed E-state index contributed by atoms with van der Waals surface area (Å²) in [5.41, 5.74) is 1.80. The second-order valence-corrected chi connectivity index (χ2v) is 2.20. The van der Waals surface area contributed by atoms with E-state index in [9.17, 15) is 0 Å². The van der Waals surface area contributed by atoms with Crippen LogP contribution in [0.25, 0.3) is 11.0 Å². The van der Waals surface area contributed by atoms with Crippen molar-refractivity contribution in [1.82, 2.24) is 8.75 Å². The van der Waals surface area contributed by atoms with Gasteiger partial charge in [0.05, 0.1) is 11.7 Å². The lowest BCUT2D eigenvalue weighted by Crippen LogP contribution is -1.64. The first-order chi connectivity index (χ1) is 4.47. The van der Waals surface area contributed by atoms with Crippen LogP contribution in [0.5, 0.6) is 0 Å². The quantitative estimate of drug-likeness (QED) is 0.511. The number of aromatic nitrogens is 2. The van der Waals surface area contributed by atoms with Crippen LogP contribution in [0.3, 0.4) is 0 Å². The Hall–Kier alpha value is -0.960.